The van der Waals surface area contributed by atoms with Gasteiger partial charge in [-0.05, 0) is 43.6 Å². The van der Waals surface area contributed by atoms with Crippen LogP contribution in [0.2, 0.25) is 0 Å². The molecule has 0 saturated carbocycles. The summed E-state index contributed by atoms with van der Waals surface area (Å²) in [6, 6.07) is 47.2. The highest BCUT2D eigenvalue weighted by Gasteiger charge is 2.42. The number of hydrogen-bond acceptors (Lipinski definition) is 0. The fraction of sp³-hybridized carbons (Fsp3) is 0.118. The van der Waals surface area contributed by atoms with Gasteiger partial charge in [-0.1, -0.05) is 158 Å². The van der Waals surface area contributed by atoms with Gasteiger partial charge in [0.1, 0.15) is 0 Å². The van der Waals surface area contributed by atoms with E-state index < -0.39 is 10.0 Å². The third kappa shape index (κ3) is 3.55. The summed E-state index contributed by atoms with van der Waals surface area (Å²) in [5, 5.41) is 0.554. The van der Waals surface area contributed by atoms with E-state index in [1.54, 1.807) is 0 Å². The Morgan fingerprint density at radius 3 is 1.36 bits per heavy atom. The van der Waals surface area contributed by atoms with Crippen molar-refractivity contribution >= 4 is 33.1 Å². The molecule has 2 heteroatoms. The summed E-state index contributed by atoms with van der Waals surface area (Å²) in [7, 11) is -1.17. The zero-order chi connectivity index (χ0) is 24.7. The van der Waals surface area contributed by atoms with Crippen molar-refractivity contribution in [2.24, 2.45) is 0 Å². The van der Waals surface area contributed by atoms with Gasteiger partial charge in [0.2, 0.25) is 6.71 Å². The van der Waals surface area contributed by atoms with Crippen molar-refractivity contribution in [1.29, 1.82) is 0 Å². The Morgan fingerprint density at radius 2 is 0.917 bits per heavy atom. The monoisotopic (exact) mass is 482 g/mol. The minimum Gasteiger partial charge on any atom is -0.189 e. The second kappa shape index (κ2) is 9.19. The van der Waals surface area contributed by atoms with Crippen molar-refractivity contribution in [2.75, 3.05) is 6.26 Å². The molecular formula is C34H31BS. The zero-order valence-corrected chi connectivity index (χ0v) is 22.0. The lowest BCUT2D eigenvalue weighted by Gasteiger charge is -2.48. The van der Waals surface area contributed by atoms with Gasteiger partial charge in [0.05, 0.1) is 0 Å². The van der Waals surface area contributed by atoms with Gasteiger partial charge in [0.15, 0.2) is 0 Å². The third-order valence-corrected chi connectivity index (χ3v) is 12.3. The molecule has 1 aliphatic heterocycles. The van der Waals surface area contributed by atoms with Gasteiger partial charge in [-0.2, -0.15) is 10.0 Å². The van der Waals surface area contributed by atoms with Crippen molar-refractivity contribution in [3.05, 3.63) is 127 Å². The molecule has 1 aliphatic rings. The van der Waals surface area contributed by atoms with E-state index in [1.165, 1.54) is 48.4 Å². The molecule has 5 aromatic rings. The molecule has 0 unspecified atom stereocenters. The highest BCUT2D eigenvalue weighted by atomic mass is 32.3. The smallest absolute Gasteiger partial charge is 0.189 e. The second-order valence-electron chi connectivity index (χ2n) is 10.0. The normalized spacial score (nSPS) is 14.7. The van der Waals surface area contributed by atoms with Gasteiger partial charge in [0.25, 0.3) is 0 Å². The molecule has 0 bridgehead atoms. The Kier molecular flexibility index (Phi) is 5.86. The van der Waals surface area contributed by atoms with Crippen molar-refractivity contribution in [3.63, 3.8) is 0 Å². The topological polar surface area (TPSA) is 0 Å². The molecule has 0 atom stereocenters. The van der Waals surface area contributed by atoms with E-state index in [0.717, 1.165) is 0 Å². The minimum absolute atomic E-state index is 0.170. The highest BCUT2D eigenvalue weighted by molar-refractivity contribution is 8.34. The predicted octanol–water partition coefficient (Wildman–Crippen LogP) is 7.11. The van der Waals surface area contributed by atoms with Crippen LogP contribution < -0.4 is 16.4 Å². The van der Waals surface area contributed by atoms with Gasteiger partial charge >= 0.3 is 0 Å². The predicted molar refractivity (Wildman–Crippen MR) is 160 cm³/mol. The van der Waals surface area contributed by atoms with Crippen LogP contribution in [-0.2, 0) is 0 Å². The molecule has 0 spiro atoms. The number of hydrogen-bond donors (Lipinski definition) is 0. The van der Waals surface area contributed by atoms with Crippen LogP contribution in [0, 0.1) is 0 Å². The summed E-state index contributed by atoms with van der Waals surface area (Å²) in [4.78, 5) is 3.07. The Balaban J connectivity index is 1.74. The van der Waals surface area contributed by atoms with Crippen LogP contribution in [0.3, 0.4) is 0 Å². The lowest BCUT2D eigenvalue weighted by molar-refractivity contribution is 1.07. The Labute approximate surface area is 217 Å². The van der Waals surface area contributed by atoms with Gasteiger partial charge in [-0.3, -0.25) is 0 Å². The average molecular weight is 483 g/mol. The van der Waals surface area contributed by atoms with Crippen molar-refractivity contribution in [2.45, 2.75) is 28.9 Å². The molecule has 0 nitrogen and oxygen atoms in total. The van der Waals surface area contributed by atoms with Crippen LogP contribution in [0.4, 0.5) is 0 Å². The Bertz CT molecular complexity index is 1420. The summed E-state index contributed by atoms with van der Waals surface area (Å²) < 4.78 is 0. The Hall–Kier alpha value is -3.49. The molecule has 0 N–H and O–H groups in total. The lowest BCUT2D eigenvalue weighted by atomic mass is 9.35. The van der Waals surface area contributed by atoms with Gasteiger partial charge in [-0.15, -0.1) is 0 Å². The molecule has 1 heterocycles. The summed E-state index contributed by atoms with van der Waals surface area (Å²) >= 11 is 0. The maximum Gasteiger partial charge on any atom is 0.245 e. The molecule has 0 fully saturated rings. The van der Waals surface area contributed by atoms with E-state index in [2.05, 4.69) is 147 Å². The largest absolute Gasteiger partial charge is 0.245 e. The maximum absolute atomic E-state index is 2.52. The molecule has 0 aliphatic carbocycles. The zero-order valence-electron chi connectivity index (χ0n) is 21.2. The molecule has 6 rings (SSSR count). The number of benzene rings is 5. The molecule has 0 aromatic heterocycles. The fourth-order valence-electron chi connectivity index (χ4n) is 5.93. The van der Waals surface area contributed by atoms with E-state index in [1.807, 2.05) is 0 Å². The van der Waals surface area contributed by atoms with Gasteiger partial charge in [-0.25, -0.2) is 0 Å². The first-order valence-corrected chi connectivity index (χ1v) is 14.9. The SMILES string of the molecule is CC(C)S1(C)c2ccccc2B(c2c(-c3ccccc3)cccc2-c2ccccc2)c2ccccc21. The van der Waals surface area contributed by atoms with Crippen LogP contribution >= 0.6 is 10.0 Å². The van der Waals surface area contributed by atoms with E-state index in [9.17, 15) is 0 Å². The first kappa shape index (κ1) is 22.9. The first-order chi connectivity index (χ1) is 17.6. The molecule has 5 aromatic carbocycles. The van der Waals surface area contributed by atoms with E-state index in [4.69, 9.17) is 0 Å². The second-order valence-corrected chi connectivity index (χ2v) is 13.8. The number of fused-ring (bicyclic) bond motifs is 2. The molecule has 36 heavy (non-hydrogen) atoms. The summed E-state index contributed by atoms with van der Waals surface area (Å²) in [5.74, 6) is 0. The van der Waals surface area contributed by atoms with Crippen molar-refractivity contribution < 1.29 is 0 Å². The standard InChI is InChI=1S/C34H31BS/c1-25(2)36(3)32-23-12-10-21-30(32)35(31-22-11-13-24-33(31)36)34-28(26-15-6-4-7-16-26)19-14-20-29(34)27-17-8-5-9-18-27/h4-25H,1-3H3. The van der Waals surface area contributed by atoms with Crippen LogP contribution in [0.25, 0.3) is 22.3 Å². The molecule has 0 radical (unpaired) electrons. The summed E-state index contributed by atoms with van der Waals surface area (Å²) in [6.07, 6.45) is 2.52. The maximum atomic E-state index is 2.52. The van der Waals surface area contributed by atoms with Crippen molar-refractivity contribution in [3.8, 4) is 22.3 Å². The average Bonchev–Trinajstić information content (AvgIpc) is 2.94. The van der Waals surface area contributed by atoms with E-state index in [0.29, 0.717) is 5.25 Å². The third-order valence-electron chi connectivity index (χ3n) is 7.88. The molecule has 176 valence electrons. The van der Waals surface area contributed by atoms with Crippen LogP contribution in [0.15, 0.2) is 137 Å². The van der Waals surface area contributed by atoms with Gasteiger partial charge < -0.3 is 0 Å². The van der Waals surface area contributed by atoms with E-state index >= 15 is 0 Å². The Morgan fingerprint density at radius 1 is 0.500 bits per heavy atom. The summed E-state index contributed by atoms with van der Waals surface area (Å²) in [6.45, 7) is 4.97. The van der Waals surface area contributed by atoms with Crippen molar-refractivity contribution in [1.82, 2.24) is 0 Å². The highest BCUT2D eigenvalue weighted by Crippen LogP contribution is 2.63. The summed E-state index contributed by atoms with van der Waals surface area (Å²) in [5.41, 5.74) is 9.49. The first-order valence-electron chi connectivity index (χ1n) is 12.8. The van der Waals surface area contributed by atoms with Crippen LogP contribution in [0.5, 0.6) is 0 Å². The fourth-order valence-corrected chi connectivity index (χ4v) is 9.26. The number of rotatable bonds is 4. The molecule has 0 saturated heterocycles. The minimum atomic E-state index is -1.17. The lowest BCUT2D eigenvalue weighted by Crippen LogP contribution is -2.58. The molecule has 0 amide bonds. The van der Waals surface area contributed by atoms with E-state index in [-0.39, 0.29) is 6.71 Å². The molecular weight excluding hydrogens is 451 g/mol. The quantitative estimate of drug-likeness (QED) is 0.240. The van der Waals surface area contributed by atoms with Gasteiger partial charge in [0, 0.05) is 0 Å². The van der Waals surface area contributed by atoms with Crippen LogP contribution in [0.1, 0.15) is 13.8 Å². The van der Waals surface area contributed by atoms with Crippen LogP contribution in [-0.4, -0.2) is 18.2 Å².